The molecule has 11 nitrogen and oxygen atoms in total. The Morgan fingerprint density at radius 2 is 1.33 bits per heavy atom. The number of hydrogen-bond acceptors (Lipinski definition) is 8. The monoisotopic (exact) mass is 466 g/mol. The van der Waals surface area contributed by atoms with Crippen molar-refractivity contribution in [2.24, 2.45) is 11.7 Å². The molecule has 4 atom stereocenters. The molecule has 0 aliphatic heterocycles. The van der Waals surface area contributed by atoms with Crippen LogP contribution >= 0.6 is 25.3 Å². The number of nitrogens with two attached hydrogens (primary N) is 1. The van der Waals surface area contributed by atoms with E-state index < -0.39 is 60.2 Å². The van der Waals surface area contributed by atoms with Gasteiger partial charge in [0.2, 0.25) is 17.7 Å². The summed E-state index contributed by atoms with van der Waals surface area (Å²) >= 11 is 7.78. The van der Waals surface area contributed by atoms with Crippen LogP contribution in [0.15, 0.2) is 0 Å². The van der Waals surface area contributed by atoms with Crippen molar-refractivity contribution in [1.29, 1.82) is 0 Å². The smallest absolute Gasteiger partial charge is 0.327 e. The van der Waals surface area contributed by atoms with Crippen molar-refractivity contribution in [2.45, 2.75) is 57.3 Å². The van der Waals surface area contributed by atoms with Crippen molar-refractivity contribution in [3.8, 4) is 0 Å². The standard InChI is InChI=1S/C17H30N4O7S2/c1-8(2)5-11(16(26)21-12(7-30)17(27)28)20-15(25)10(3-4-13(22)23)19-14(24)9(18)6-29/h8-12,29-30H,3-7,18H2,1-2H3,(H,19,24)(H,20,25)(H,21,26)(H,22,23)(H,27,28)/t9-,10+,11+,12+/m1/s1. The number of amides is 3. The van der Waals surface area contributed by atoms with Gasteiger partial charge in [0.15, 0.2) is 0 Å². The molecular formula is C17H30N4O7S2. The number of carboxylic acids is 2. The molecule has 3 amide bonds. The van der Waals surface area contributed by atoms with Crippen LogP contribution in [0, 0.1) is 5.92 Å². The Balaban J connectivity index is 5.42. The molecule has 0 spiro atoms. The van der Waals surface area contributed by atoms with E-state index in [2.05, 4.69) is 41.2 Å². The highest BCUT2D eigenvalue weighted by atomic mass is 32.1. The van der Waals surface area contributed by atoms with Crippen LogP contribution in [0.25, 0.3) is 0 Å². The second-order valence-corrected chi connectivity index (χ2v) is 7.79. The summed E-state index contributed by atoms with van der Waals surface area (Å²) in [6.07, 6.45) is -0.445. The minimum absolute atomic E-state index is 0.0117. The van der Waals surface area contributed by atoms with Crippen LogP contribution in [0.3, 0.4) is 0 Å². The van der Waals surface area contributed by atoms with Gasteiger partial charge in [-0.1, -0.05) is 13.8 Å². The molecule has 0 saturated carbocycles. The quantitative estimate of drug-likeness (QED) is 0.144. The fourth-order valence-corrected chi connectivity index (χ4v) is 2.74. The first kappa shape index (κ1) is 28.0. The Morgan fingerprint density at radius 1 is 0.833 bits per heavy atom. The average Bonchev–Trinajstić information content (AvgIpc) is 2.66. The van der Waals surface area contributed by atoms with Gasteiger partial charge in [-0.05, 0) is 18.8 Å². The molecule has 0 rings (SSSR count). The molecule has 0 radical (unpaired) electrons. The highest BCUT2D eigenvalue weighted by molar-refractivity contribution is 7.80. The SMILES string of the molecule is CC(C)C[C@H](NC(=O)[C@H](CCC(=O)O)NC(=O)[C@H](N)CS)C(=O)N[C@@H](CS)C(=O)O. The van der Waals surface area contributed by atoms with Crippen LogP contribution < -0.4 is 21.7 Å². The third-order valence-corrected chi connectivity index (χ3v) is 4.71. The summed E-state index contributed by atoms with van der Waals surface area (Å²) in [5.74, 6) is -4.83. The van der Waals surface area contributed by atoms with Gasteiger partial charge in [-0.25, -0.2) is 4.79 Å². The van der Waals surface area contributed by atoms with Crippen molar-refractivity contribution < 1.29 is 34.2 Å². The molecule has 0 bridgehead atoms. The Morgan fingerprint density at radius 3 is 1.77 bits per heavy atom. The van der Waals surface area contributed by atoms with Crippen LogP contribution in [-0.2, 0) is 24.0 Å². The van der Waals surface area contributed by atoms with E-state index in [0.717, 1.165) is 0 Å². The van der Waals surface area contributed by atoms with E-state index in [4.69, 9.17) is 15.9 Å². The number of rotatable bonds is 14. The highest BCUT2D eigenvalue weighted by Crippen LogP contribution is 2.08. The lowest BCUT2D eigenvalue weighted by molar-refractivity contribution is -0.141. The van der Waals surface area contributed by atoms with Crippen molar-refractivity contribution in [2.75, 3.05) is 11.5 Å². The van der Waals surface area contributed by atoms with E-state index in [1.807, 2.05) is 0 Å². The van der Waals surface area contributed by atoms with Crippen molar-refractivity contribution in [3.05, 3.63) is 0 Å². The molecule has 0 aromatic heterocycles. The van der Waals surface area contributed by atoms with Crippen molar-refractivity contribution in [1.82, 2.24) is 16.0 Å². The maximum Gasteiger partial charge on any atom is 0.327 e. The molecule has 172 valence electrons. The fraction of sp³-hybridized carbons (Fsp3) is 0.706. The first-order chi connectivity index (χ1) is 13.9. The Bertz CT molecular complexity index is 633. The van der Waals surface area contributed by atoms with Crippen LogP contribution in [0.4, 0.5) is 0 Å². The highest BCUT2D eigenvalue weighted by Gasteiger charge is 2.30. The molecule has 0 unspecified atom stereocenters. The Kier molecular flexibility index (Phi) is 13.2. The van der Waals surface area contributed by atoms with Gasteiger partial charge in [-0.2, -0.15) is 25.3 Å². The summed E-state index contributed by atoms with van der Waals surface area (Å²) in [4.78, 5) is 59.3. The molecule has 0 aliphatic carbocycles. The third kappa shape index (κ3) is 10.7. The molecule has 30 heavy (non-hydrogen) atoms. The topological polar surface area (TPSA) is 188 Å². The maximum atomic E-state index is 12.7. The van der Waals surface area contributed by atoms with Gasteiger partial charge in [0.1, 0.15) is 18.1 Å². The zero-order valence-electron chi connectivity index (χ0n) is 16.8. The second kappa shape index (κ2) is 14.1. The second-order valence-electron chi connectivity index (χ2n) is 7.06. The van der Waals surface area contributed by atoms with E-state index in [0.29, 0.717) is 0 Å². The Hall–Kier alpha value is -1.99. The predicted octanol–water partition coefficient (Wildman–Crippen LogP) is -1.38. The molecule has 0 heterocycles. The summed E-state index contributed by atoms with van der Waals surface area (Å²) in [5, 5.41) is 25.1. The van der Waals surface area contributed by atoms with Crippen LogP contribution in [0.2, 0.25) is 0 Å². The van der Waals surface area contributed by atoms with E-state index in [-0.39, 0.29) is 30.3 Å². The summed E-state index contributed by atoms with van der Waals surface area (Å²) in [6, 6.07) is -4.60. The van der Waals surface area contributed by atoms with Gasteiger partial charge in [0.25, 0.3) is 0 Å². The summed E-state index contributed by atoms with van der Waals surface area (Å²) in [7, 11) is 0. The normalized spacial score (nSPS) is 14.9. The van der Waals surface area contributed by atoms with E-state index >= 15 is 0 Å². The van der Waals surface area contributed by atoms with Gasteiger partial charge in [0.05, 0.1) is 6.04 Å². The Labute approximate surface area is 185 Å². The lowest BCUT2D eigenvalue weighted by atomic mass is 10.0. The number of carbonyl (C=O) groups is 5. The largest absolute Gasteiger partial charge is 0.481 e. The molecule has 0 fully saturated rings. The van der Waals surface area contributed by atoms with E-state index in [9.17, 15) is 24.0 Å². The number of hydrogen-bond donors (Lipinski definition) is 8. The number of carboxylic acid groups (broad SMARTS) is 2. The van der Waals surface area contributed by atoms with Crippen molar-refractivity contribution >= 4 is 54.9 Å². The van der Waals surface area contributed by atoms with Crippen LogP contribution in [-0.4, -0.2) is 75.5 Å². The van der Waals surface area contributed by atoms with E-state index in [1.165, 1.54) is 0 Å². The van der Waals surface area contributed by atoms with Gasteiger partial charge >= 0.3 is 11.9 Å². The minimum Gasteiger partial charge on any atom is -0.481 e. The lowest BCUT2D eigenvalue weighted by Crippen LogP contribution is -2.57. The lowest BCUT2D eigenvalue weighted by Gasteiger charge is -2.25. The van der Waals surface area contributed by atoms with Crippen LogP contribution in [0.5, 0.6) is 0 Å². The van der Waals surface area contributed by atoms with Gasteiger partial charge in [0, 0.05) is 17.9 Å². The zero-order chi connectivity index (χ0) is 23.4. The van der Waals surface area contributed by atoms with Gasteiger partial charge in [-0.3, -0.25) is 19.2 Å². The summed E-state index contributed by atoms with van der Waals surface area (Å²) < 4.78 is 0. The van der Waals surface area contributed by atoms with Gasteiger partial charge in [-0.15, -0.1) is 0 Å². The summed E-state index contributed by atoms with van der Waals surface area (Å²) in [5.41, 5.74) is 5.57. The predicted molar refractivity (Wildman–Crippen MR) is 115 cm³/mol. The summed E-state index contributed by atoms with van der Waals surface area (Å²) in [6.45, 7) is 3.60. The average molecular weight is 467 g/mol. The number of aliphatic carboxylic acids is 2. The number of thiol groups is 2. The van der Waals surface area contributed by atoms with E-state index in [1.54, 1.807) is 13.8 Å². The zero-order valence-corrected chi connectivity index (χ0v) is 18.6. The van der Waals surface area contributed by atoms with Gasteiger partial charge < -0.3 is 31.9 Å². The molecule has 0 aliphatic rings. The first-order valence-electron chi connectivity index (χ1n) is 9.25. The fourth-order valence-electron chi connectivity index (χ4n) is 2.33. The molecule has 0 saturated heterocycles. The minimum atomic E-state index is -1.28. The third-order valence-electron chi connectivity index (χ3n) is 3.95. The maximum absolute atomic E-state index is 12.7. The number of nitrogens with one attached hydrogen (secondary N) is 3. The first-order valence-corrected chi connectivity index (χ1v) is 10.5. The number of carbonyl (C=O) groups excluding carboxylic acids is 3. The van der Waals surface area contributed by atoms with Crippen molar-refractivity contribution in [3.63, 3.8) is 0 Å². The molecule has 0 aromatic carbocycles. The molecule has 13 heteroatoms. The molecule has 7 N–H and O–H groups in total. The molecule has 0 aromatic rings. The van der Waals surface area contributed by atoms with Crippen LogP contribution in [0.1, 0.15) is 33.1 Å². The molecular weight excluding hydrogens is 436 g/mol.